The summed E-state index contributed by atoms with van der Waals surface area (Å²) in [6, 6.07) is 3.45. The second-order valence-electron chi connectivity index (χ2n) is 3.05. The topological polar surface area (TPSA) is 65.2 Å². The Morgan fingerprint density at radius 1 is 1.71 bits per heavy atom. The SMILES string of the molecule is COC(=O)[C@](C)(N)c1cc(Br)ccn1. The number of nitrogens with two attached hydrogens (primary N) is 1. The van der Waals surface area contributed by atoms with Gasteiger partial charge >= 0.3 is 5.97 Å². The van der Waals surface area contributed by atoms with Gasteiger partial charge in [0.05, 0.1) is 12.8 Å². The van der Waals surface area contributed by atoms with Gasteiger partial charge in [-0.1, -0.05) is 15.9 Å². The van der Waals surface area contributed by atoms with Crippen molar-refractivity contribution in [1.82, 2.24) is 4.98 Å². The average molecular weight is 259 g/mol. The van der Waals surface area contributed by atoms with Gasteiger partial charge < -0.3 is 10.5 Å². The fourth-order valence-electron chi connectivity index (χ4n) is 1.01. The van der Waals surface area contributed by atoms with E-state index in [1.165, 1.54) is 7.11 Å². The molecule has 76 valence electrons. The van der Waals surface area contributed by atoms with Crippen molar-refractivity contribution in [2.24, 2.45) is 5.73 Å². The molecule has 0 unspecified atom stereocenters. The van der Waals surface area contributed by atoms with E-state index in [4.69, 9.17) is 5.73 Å². The van der Waals surface area contributed by atoms with E-state index in [-0.39, 0.29) is 0 Å². The lowest BCUT2D eigenvalue weighted by molar-refractivity contribution is -0.146. The number of methoxy groups -OCH3 is 1. The van der Waals surface area contributed by atoms with Crippen LogP contribution in [0.5, 0.6) is 0 Å². The number of halogens is 1. The van der Waals surface area contributed by atoms with Crippen LogP contribution in [0.2, 0.25) is 0 Å². The van der Waals surface area contributed by atoms with Crippen LogP contribution in [0, 0.1) is 0 Å². The molecule has 1 heterocycles. The number of aromatic nitrogens is 1. The molecule has 0 fully saturated rings. The van der Waals surface area contributed by atoms with Gasteiger partial charge in [-0.2, -0.15) is 0 Å². The summed E-state index contributed by atoms with van der Waals surface area (Å²) in [5.41, 5.74) is 5.06. The molecular formula is C9H11BrN2O2. The molecule has 1 aromatic rings. The van der Waals surface area contributed by atoms with Crippen molar-refractivity contribution in [1.29, 1.82) is 0 Å². The quantitative estimate of drug-likeness (QED) is 0.810. The third kappa shape index (κ3) is 2.10. The average Bonchev–Trinajstić information content (AvgIpc) is 2.16. The van der Waals surface area contributed by atoms with Crippen LogP contribution in [0.3, 0.4) is 0 Å². The van der Waals surface area contributed by atoms with E-state index in [0.717, 1.165) is 4.47 Å². The number of nitrogens with zero attached hydrogens (tertiary/aromatic N) is 1. The second kappa shape index (κ2) is 4.06. The zero-order valence-corrected chi connectivity index (χ0v) is 9.54. The first-order valence-electron chi connectivity index (χ1n) is 3.98. The van der Waals surface area contributed by atoms with Crippen molar-refractivity contribution in [2.45, 2.75) is 12.5 Å². The zero-order chi connectivity index (χ0) is 10.8. The zero-order valence-electron chi connectivity index (χ0n) is 7.95. The highest BCUT2D eigenvalue weighted by Gasteiger charge is 2.33. The van der Waals surface area contributed by atoms with Gasteiger partial charge in [0.25, 0.3) is 0 Å². The summed E-state index contributed by atoms with van der Waals surface area (Å²) in [7, 11) is 1.30. The first-order chi connectivity index (χ1) is 6.48. The van der Waals surface area contributed by atoms with E-state index in [1.54, 1.807) is 25.3 Å². The molecule has 0 radical (unpaired) electrons. The Morgan fingerprint density at radius 2 is 2.36 bits per heavy atom. The molecule has 14 heavy (non-hydrogen) atoms. The molecule has 1 atom stereocenters. The number of hydrogen-bond acceptors (Lipinski definition) is 4. The molecular weight excluding hydrogens is 248 g/mol. The highest BCUT2D eigenvalue weighted by atomic mass is 79.9. The maximum absolute atomic E-state index is 11.3. The molecule has 1 rings (SSSR count). The Kier molecular flexibility index (Phi) is 3.23. The summed E-state index contributed by atoms with van der Waals surface area (Å²) in [5.74, 6) is -0.511. The first kappa shape index (κ1) is 11.1. The van der Waals surface area contributed by atoms with Crippen LogP contribution in [-0.4, -0.2) is 18.1 Å². The van der Waals surface area contributed by atoms with Crippen LogP contribution >= 0.6 is 15.9 Å². The molecule has 0 aliphatic carbocycles. The normalized spacial score (nSPS) is 14.6. The van der Waals surface area contributed by atoms with Crippen molar-refractivity contribution in [3.63, 3.8) is 0 Å². The Hall–Kier alpha value is -0.940. The molecule has 4 nitrogen and oxygen atoms in total. The smallest absolute Gasteiger partial charge is 0.331 e. The maximum Gasteiger partial charge on any atom is 0.331 e. The van der Waals surface area contributed by atoms with Crippen molar-refractivity contribution in [2.75, 3.05) is 7.11 Å². The molecule has 0 saturated carbocycles. The number of rotatable bonds is 2. The van der Waals surface area contributed by atoms with Gasteiger partial charge in [0.15, 0.2) is 5.54 Å². The van der Waals surface area contributed by atoms with Gasteiger partial charge in [0.2, 0.25) is 0 Å². The lowest BCUT2D eigenvalue weighted by atomic mass is 9.99. The molecule has 0 bridgehead atoms. The number of hydrogen-bond donors (Lipinski definition) is 1. The molecule has 2 N–H and O–H groups in total. The summed E-state index contributed by atoms with van der Waals surface area (Å²) in [6.07, 6.45) is 1.58. The minimum atomic E-state index is -1.21. The van der Waals surface area contributed by atoms with Crippen molar-refractivity contribution >= 4 is 21.9 Å². The van der Waals surface area contributed by atoms with Crippen molar-refractivity contribution < 1.29 is 9.53 Å². The lowest BCUT2D eigenvalue weighted by Crippen LogP contribution is -2.43. The monoisotopic (exact) mass is 258 g/mol. The summed E-state index contributed by atoms with van der Waals surface area (Å²) in [4.78, 5) is 15.4. The van der Waals surface area contributed by atoms with Crippen LogP contribution in [0.25, 0.3) is 0 Å². The summed E-state index contributed by atoms with van der Waals surface area (Å²) in [5, 5.41) is 0. The van der Waals surface area contributed by atoms with Gasteiger partial charge in [-0.3, -0.25) is 4.98 Å². The second-order valence-corrected chi connectivity index (χ2v) is 3.97. The van der Waals surface area contributed by atoms with E-state index < -0.39 is 11.5 Å². The number of ether oxygens (including phenoxy) is 1. The minimum absolute atomic E-state index is 0.471. The number of esters is 1. The molecule has 0 spiro atoms. The Bertz CT molecular complexity index is 352. The minimum Gasteiger partial charge on any atom is -0.467 e. The standard InChI is InChI=1S/C9H11BrN2O2/c1-9(11,8(13)14-2)7-5-6(10)3-4-12-7/h3-5H,11H2,1-2H3/t9-/m1/s1. The van der Waals surface area contributed by atoms with Crippen LogP contribution in [0.15, 0.2) is 22.8 Å². The summed E-state index contributed by atoms with van der Waals surface area (Å²) in [6.45, 7) is 1.56. The largest absolute Gasteiger partial charge is 0.467 e. The van der Waals surface area contributed by atoms with Gasteiger partial charge in [-0.15, -0.1) is 0 Å². The maximum atomic E-state index is 11.3. The summed E-state index contributed by atoms with van der Waals surface area (Å²) < 4.78 is 5.41. The fourth-order valence-corrected chi connectivity index (χ4v) is 1.34. The van der Waals surface area contributed by atoms with E-state index in [1.807, 2.05) is 0 Å². The third-order valence-corrected chi connectivity index (χ3v) is 2.36. The van der Waals surface area contributed by atoms with Crippen LogP contribution in [0.4, 0.5) is 0 Å². The number of carbonyl (C=O) groups is 1. The van der Waals surface area contributed by atoms with Crippen molar-refractivity contribution in [3.05, 3.63) is 28.5 Å². The summed E-state index contributed by atoms with van der Waals surface area (Å²) >= 11 is 3.28. The van der Waals surface area contributed by atoms with Gasteiger partial charge in [0.1, 0.15) is 0 Å². The van der Waals surface area contributed by atoms with Gasteiger partial charge in [-0.25, -0.2) is 4.79 Å². The Labute approximate surface area is 90.6 Å². The fraction of sp³-hybridized carbons (Fsp3) is 0.333. The van der Waals surface area contributed by atoms with E-state index in [9.17, 15) is 4.79 Å². The first-order valence-corrected chi connectivity index (χ1v) is 4.77. The Morgan fingerprint density at radius 3 is 2.86 bits per heavy atom. The van der Waals surface area contributed by atoms with Gasteiger partial charge in [-0.05, 0) is 19.1 Å². The van der Waals surface area contributed by atoms with E-state index in [0.29, 0.717) is 5.69 Å². The lowest BCUT2D eigenvalue weighted by Gasteiger charge is -2.20. The molecule has 0 saturated heterocycles. The Balaban J connectivity index is 3.09. The predicted octanol–water partition coefficient (Wildman–Crippen LogP) is 1.19. The molecule has 0 amide bonds. The third-order valence-electron chi connectivity index (χ3n) is 1.86. The van der Waals surface area contributed by atoms with Crippen LogP contribution < -0.4 is 5.73 Å². The predicted molar refractivity (Wildman–Crippen MR) is 55.5 cm³/mol. The number of pyridine rings is 1. The highest BCUT2D eigenvalue weighted by Crippen LogP contribution is 2.20. The van der Waals surface area contributed by atoms with Crippen LogP contribution in [0.1, 0.15) is 12.6 Å². The van der Waals surface area contributed by atoms with Gasteiger partial charge in [0, 0.05) is 10.7 Å². The molecule has 5 heteroatoms. The number of carbonyl (C=O) groups excluding carboxylic acids is 1. The highest BCUT2D eigenvalue weighted by molar-refractivity contribution is 9.10. The molecule has 1 aromatic heterocycles. The molecule has 0 aliphatic heterocycles. The molecule has 0 aromatic carbocycles. The van der Waals surface area contributed by atoms with Crippen LogP contribution in [-0.2, 0) is 15.1 Å². The molecule has 0 aliphatic rings. The van der Waals surface area contributed by atoms with E-state index >= 15 is 0 Å². The van der Waals surface area contributed by atoms with E-state index in [2.05, 4.69) is 25.7 Å². The van der Waals surface area contributed by atoms with Crippen molar-refractivity contribution in [3.8, 4) is 0 Å².